The molecule has 21 heavy (non-hydrogen) atoms. The summed E-state index contributed by atoms with van der Waals surface area (Å²) >= 11 is 0. The van der Waals surface area contributed by atoms with Gasteiger partial charge < -0.3 is 19.5 Å². The van der Waals surface area contributed by atoms with Crippen LogP contribution in [0.3, 0.4) is 0 Å². The zero-order valence-corrected chi connectivity index (χ0v) is 13.9. The number of rotatable bonds is 9. The van der Waals surface area contributed by atoms with E-state index >= 15 is 0 Å². The Hall–Kier alpha value is -0.650. The molecule has 0 saturated heterocycles. The lowest BCUT2D eigenvalue weighted by Gasteiger charge is -2.29. The van der Waals surface area contributed by atoms with E-state index in [-0.39, 0.29) is 5.97 Å². The normalized spacial score (nSPS) is 25.3. The molecule has 3 atom stereocenters. The van der Waals surface area contributed by atoms with Crippen molar-refractivity contribution in [2.24, 2.45) is 0 Å². The Morgan fingerprint density at radius 2 is 2.05 bits per heavy atom. The SMILES string of the molecule is CCOC(=O)C(C)(CCCOC1CCCC(OC)C1)NC. The van der Waals surface area contributed by atoms with Crippen molar-refractivity contribution in [1.82, 2.24) is 5.32 Å². The zero-order chi connectivity index (χ0) is 15.7. The zero-order valence-electron chi connectivity index (χ0n) is 13.9. The van der Waals surface area contributed by atoms with Gasteiger partial charge in [0, 0.05) is 13.7 Å². The van der Waals surface area contributed by atoms with Crippen LogP contribution in [-0.2, 0) is 19.0 Å². The first-order chi connectivity index (χ1) is 10.1. The number of hydrogen-bond donors (Lipinski definition) is 1. The molecule has 0 heterocycles. The molecule has 124 valence electrons. The maximum Gasteiger partial charge on any atom is 0.326 e. The van der Waals surface area contributed by atoms with Gasteiger partial charge in [-0.05, 0) is 59.4 Å². The first kappa shape index (κ1) is 18.4. The Balaban J connectivity index is 2.27. The number of esters is 1. The molecule has 1 aliphatic rings. The topological polar surface area (TPSA) is 56.8 Å². The molecule has 5 heteroatoms. The van der Waals surface area contributed by atoms with Gasteiger partial charge in [-0.2, -0.15) is 0 Å². The Kier molecular flexibility index (Phi) is 8.22. The highest BCUT2D eigenvalue weighted by Gasteiger charge is 2.32. The Labute approximate surface area is 128 Å². The van der Waals surface area contributed by atoms with Crippen LogP contribution in [0, 0.1) is 0 Å². The van der Waals surface area contributed by atoms with E-state index in [9.17, 15) is 4.79 Å². The van der Waals surface area contributed by atoms with Crippen LogP contribution in [0.15, 0.2) is 0 Å². The van der Waals surface area contributed by atoms with Crippen molar-refractivity contribution in [1.29, 1.82) is 0 Å². The van der Waals surface area contributed by atoms with E-state index in [2.05, 4.69) is 5.32 Å². The van der Waals surface area contributed by atoms with Crippen molar-refractivity contribution in [3.8, 4) is 0 Å². The molecule has 1 fully saturated rings. The molecule has 0 spiro atoms. The monoisotopic (exact) mass is 301 g/mol. The van der Waals surface area contributed by atoms with Crippen LogP contribution >= 0.6 is 0 Å². The summed E-state index contributed by atoms with van der Waals surface area (Å²) in [5.41, 5.74) is -0.624. The van der Waals surface area contributed by atoms with E-state index < -0.39 is 5.54 Å². The molecule has 1 rings (SSSR count). The van der Waals surface area contributed by atoms with Gasteiger partial charge in [0.2, 0.25) is 0 Å². The summed E-state index contributed by atoms with van der Waals surface area (Å²) in [5.74, 6) is -0.190. The lowest BCUT2D eigenvalue weighted by molar-refractivity contribution is -0.150. The minimum absolute atomic E-state index is 0.190. The van der Waals surface area contributed by atoms with Crippen molar-refractivity contribution in [3.05, 3.63) is 0 Å². The lowest BCUT2D eigenvalue weighted by atomic mass is 9.94. The fourth-order valence-electron chi connectivity index (χ4n) is 2.76. The van der Waals surface area contributed by atoms with Crippen LogP contribution in [-0.4, -0.2) is 51.1 Å². The number of likely N-dealkylation sites (N-methyl/N-ethyl adjacent to an activating group) is 1. The number of hydrogen-bond acceptors (Lipinski definition) is 5. The fraction of sp³-hybridized carbons (Fsp3) is 0.938. The van der Waals surface area contributed by atoms with Crippen LogP contribution in [0.4, 0.5) is 0 Å². The molecule has 1 aliphatic carbocycles. The summed E-state index contributed by atoms with van der Waals surface area (Å²) in [7, 11) is 3.56. The summed E-state index contributed by atoms with van der Waals surface area (Å²) < 4.78 is 16.5. The van der Waals surface area contributed by atoms with Crippen LogP contribution in [0.25, 0.3) is 0 Å². The van der Waals surface area contributed by atoms with Crippen LogP contribution in [0.2, 0.25) is 0 Å². The summed E-state index contributed by atoms with van der Waals surface area (Å²) in [6.07, 6.45) is 6.58. The number of carbonyl (C=O) groups is 1. The highest BCUT2D eigenvalue weighted by atomic mass is 16.5. The van der Waals surface area contributed by atoms with Crippen LogP contribution in [0.1, 0.15) is 52.4 Å². The lowest BCUT2D eigenvalue weighted by Crippen LogP contribution is -2.48. The van der Waals surface area contributed by atoms with E-state index in [4.69, 9.17) is 14.2 Å². The first-order valence-electron chi connectivity index (χ1n) is 8.06. The van der Waals surface area contributed by atoms with Gasteiger partial charge in [0.1, 0.15) is 5.54 Å². The summed E-state index contributed by atoms with van der Waals surface area (Å²) in [6, 6.07) is 0. The smallest absolute Gasteiger partial charge is 0.326 e. The number of ether oxygens (including phenoxy) is 3. The Morgan fingerprint density at radius 3 is 2.67 bits per heavy atom. The van der Waals surface area contributed by atoms with E-state index in [1.165, 1.54) is 6.42 Å². The summed E-state index contributed by atoms with van der Waals surface area (Å²) in [6.45, 7) is 4.80. The van der Waals surface area contributed by atoms with E-state index in [1.54, 1.807) is 14.2 Å². The summed E-state index contributed by atoms with van der Waals surface area (Å²) in [4.78, 5) is 11.9. The number of methoxy groups -OCH3 is 1. The average molecular weight is 301 g/mol. The third-order valence-electron chi connectivity index (χ3n) is 4.36. The minimum atomic E-state index is -0.624. The van der Waals surface area contributed by atoms with Crippen molar-refractivity contribution < 1.29 is 19.0 Å². The minimum Gasteiger partial charge on any atom is -0.465 e. The highest BCUT2D eigenvalue weighted by Crippen LogP contribution is 2.23. The molecule has 0 aromatic rings. The largest absolute Gasteiger partial charge is 0.465 e. The fourth-order valence-corrected chi connectivity index (χ4v) is 2.76. The second kappa shape index (κ2) is 9.38. The van der Waals surface area contributed by atoms with Crippen LogP contribution < -0.4 is 5.32 Å². The molecule has 0 aliphatic heterocycles. The third kappa shape index (κ3) is 5.93. The molecule has 0 amide bonds. The van der Waals surface area contributed by atoms with E-state index in [1.807, 2.05) is 13.8 Å². The molecule has 0 radical (unpaired) electrons. The van der Waals surface area contributed by atoms with Gasteiger partial charge in [0.15, 0.2) is 0 Å². The molecule has 0 aromatic carbocycles. The Bertz CT molecular complexity index is 311. The molecular formula is C16H31NO4. The molecule has 3 unspecified atom stereocenters. The van der Waals surface area contributed by atoms with Gasteiger partial charge in [0.05, 0.1) is 18.8 Å². The van der Waals surface area contributed by atoms with Crippen molar-refractivity contribution in [2.45, 2.75) is 70.1 Å². The number of nitrogens with one attached hydrogen (secondary N) is 1. The predicted octanol–water partition coefficient (Wildman–Crippen LogP) is 2.28. The van der Waals surface area contributed by atoms with Gasteiger partial charge in [-0.3, -0.25) is 4.79 Å². The quantitative estimate of drug-likeness (QED) is 0.523. The van der Waals surface area contributed by atoms with E-state index in [0.717, 1.165) is 25.7 Å². The van der Waals surface area contributed by atoms with Gasteiger partial charge >= 0.3 is 5.97 Å². The molecule has 5 nitrogen and oxygen atoms in total. The van der Waals surface area contributed by atoms with Gasteiger partial charge in [-0.25, -0.2) is 0 Å². The number of carbonyl (C=O) groups excluding carboxylic acids is 1. The Morgan fingerprint density at radius 1 is 1.33 bits per heavy atom. The highest BCUT2D eigenvalue weighted by molar-refractivity contribution is 5.80. The molecule has 1 saturated carbocycles. The van der Waals surface area contributed by atoms with Gasteiger partial charge in [0.25, 0.3) is 0 Å². The predicted molar refractivity (Wildman–Crippen MR) is 82.3 cm³/mol. The second-order valence-corrected chi connectivity index (χ2v) is 5.92. The van der Waals surface area contributed by atoms with Gasteiger partial charge in [-0.1, -0.05) is 0 Å². The van der Waals surface area contributed by atoms with Gasteiger partial charge in [-0.15, -0.1) is 0 Å². The average Bonchev–Trinajstić information content (AvgIpc) is 2.51. The van der Waals surface area contributed by atoms with Crippen molar-refractivity contribution in [3.63, 3.8) is 0 Å². The van der Waals surface area contributed by atoms with Crippen molar-refractivity contribution >= 4 is 5.97 Å². The molecule has 1 N–H and O–H groups in total. The van der Waals surface area contributed by atoms with Crippen LogP contribution in [0.5, 0.6) is 0 Å². The van der Waals surface area contributed by atoms with E-state index in [0.29, 0.717) is 31.8 Å². The third-order valence-corrected chi connectivity index (χ3v) is 4.36. The molecule has 0 aromatic heterocycles. The second-order valence-electron chi connectivity index (χ2n) is 5.92. The maximum atomic E-state index is 11.9. The first-order valence-corrected chi connectivity index (χ1v) is 8.06. The van der Waals surface area contributed by atoms with Crippen molar-refractivity contribution in [2.75, 3.05) is 27.4 Å². The molecular weight excluding hydrogens is 270 g/mol. The summed E-state index contributed by atoms with van der Waals surface area (Å²) in [5, 5.41) is 3.07. The molecule has 0 bridgehead atoms. The standard InChI is InChI=1S/C16H31NO4/c1-5-20-15(18)16(2,17-3)10-7-11-21-14-9-6-8-13(12-14)19-4/h13-14,17H,5-12H2,1-4H3. The maximum absolute atomic E-state index is 11.9.